The molecule has 0 saturated heterocycles. The molecule has 0 saturated carbocycles. The minimum absolute atomic E-state index is 0.0360. The third-order valence-corrected chi connectivity index (χ3v) is 6.69. The molecule has 0 radical (unpaired) electrons. The lowest BCUT2D eigenvalue weighted by Gasteiger charge is -2.18. The third kappa shape index (κ3) is 4.68. The molecule has 1 amide bonds. The molecule has 0 fully saturated rings. The Labute approximate surface area is 171 Å². The monoisotopic (exact) mass is 421 g/mol. The van der Waals surface area contributed by atoms with Crippen LogP contribution in [0.1, 0.15) is 39.8 Å². The average Bonchev–Trinajstić information content (AvgIpc) is 2.93. The highest BCUT2D eigenvalue weighted by Crippen LogP contribution is 2.27. The maximum atomic E-state index is 13.1. The Morgan fingerprint density at radius 3 is 2.41 bits per heavy atom. The summed E-state index contributed by atoms with van der Waals surface area (Å²) in [7, 11) is -2.81. The van der Waals surface area contributed by atoms with Gasteiger partial charge in [-0.25, -0.2) is 13.2 Å². The van der Waals surface area contributed by atoms with Gasteiger partial charge in [-0.1, -0.05) is 12.1 Å². The van der Waals surface area contributed by atoms with Crippen molar-refractivity contribution in [2.75, 3.05) is 25.5 Å². The minimum Gasteiger partial charge on any atom is -0.462 e. The van der Waals surface area contributed by atoms with E-state index in [-0.39, 0.29) is 17.1 Å². The van der Waals surface area contributed by atoms with Crippen molar-refractivity contribution in [2.45, 2.75) is 39.5 Å². The molecule has 0 unspecified atom stereocenters. The second-order valence-corrected chi connectivity index (χ2v) is 8.84. The number of benzene rings is 1. The lowest BCUT2D eigenvalue weighted by molar-refractivity contribution is -0.116. The summed E-state index contributed by atoms with van der Waals surface area (Å²) in [6, 6.07) is 5.50. The fourth-order valence-corrected chi connectivity index (χ4v) is 4.58. The van der Waals surface area contributed by atoms with Crippen LogP contribution in [0.3, 0.4) is 0 Å². The van der Waals surface area contributed by atoms with Gasteiger partial charge in [0.2, 0.25) is 15.9 Å². The Morgan fingerprint density at radius 1 is 1.14 bits per heavy atom. The fraction of sp³-hybridized carbons (Fsp3) is 0.400. The summed E-state index contributed by atoms with van der Waals surface area (Å²) in [4.78, 5) is 27.5. The quantitative estimate of drug-likeness (QED) is 0.668. The molecular formula is C20H27N3O5S. The number of aromatic nitrogens is 1. The Bertz CT molecular complexity index is 1040. The zero-order chi connectivity index (χ0) is 21.9. The van der Waals surface area contributed by atoms with Gasteiger partial charge in [0.15, 0.2) is 0 Å². The number of anilines is 1. The second-order valence-electron chi connectivity index (χ2n) is 6.86. The number of aryl methyl sites for hydroxylation is 3. The topological polar surface area (TPSA) is 109 Å². The van der Waals surface area contributed by atoms with Crippen LogP contribution in [0.4, 0.5) is 5.69 Å². The molecule has 1 aromatic carbocycles. The van der Waals surface area contributed by atoms with Gasteiger partial charge in [-0.05, 0) is 51.8 Å². The molecule has 2 aromatic rings. The standard InChI is InChI=1S/C20H27N3O5S/c1-7-28-20(25)18-14(4)21-15(5)19(18)29(26,27)23(6)11-17(24)22-16-10-8-9-12(2)13(16)3/h8-10,21H,7,11H2,1-6H3,(H,22,24). The summed E-state index contributed by atoms with van der Waals surface area (Å²) < 4.78 is 32.2. The predicted molar refractivity (Wildman–Crippen MR) is 111 cm³/mol. The number of sulfonamides is 1. The van der Waals surface area contributed by atoms with Crippen molar-refractivity contribution in [1.82, 2.24) is 9.29 Å². The minimum atomic E-state index is -4.11. The average molecular weight is 422 g/mol. The summed E-state index contributed by atoms with van der Waals surface area (Å²) in [5.74, 6) is -1.20. The van der Waals surface area contributed by atoms with Crippen molar-refractivity contribution >= 4 is 27.6 Å². The molecule has 9 heteroatoms. The lowest BCUT2D eigenvalue weighted by Crippen LogP contribution is -2.36. The highest BCUT2D eigenvalue weighted by molar-refractivity contribution is 7.89. The van der Waals surface area contributed by atoms with Crippen LogP contribution >= 0.6 is 0 Å². The lowest BCUT2D eigenvalue weighted by atomic mass is 10.1. The maximum absolute atomic E-state index is 13.1. The third-order valence-electron chi connectivity index (χ3n) is 4.71. The zero-order valence-corrected chi connectivity index (χ0v) is 18.4. The van der Waals surface area contributed by atoms with Gasteiger partial charge in [-0.3, -0.25) is 4.79 Å². The first-order valence-electron chi connectivity index (χ1n) is 9.19. The summed E-state index contributed by atoms with van der Waals surface area (Å²) in [5.41, 5.74) is 3.22. The number of hydrogen-bond acceptors (Lipinski definition) is 5. The number of nitrogens with one attached hydrogen (secondary N) is 2. The molecular weight excluding hydrogens is 394 g/mol. The zero-order valence-electron chi connectivity index (χ0n) is 17.5. The van der Waals surface area contributed by atoms with E-state index in [4.69, 9.17) is 4.74 Å². The van der Waals surface area contributed by atoms with E-state index < -0.39 is 28.4 Å². The van der Waals surface area contributed by atoms with Crippen molar-refractivity contribution in [3.63, 3.8) is 0 Å². The van der Waals surface area contributed by atoms with Crippen LogP contribution in [0.15, 0.2) is 23.1 Å². The predicted octanol–water partition coefficient (Wildman–Crippen LogP) is 2.68. The summed E-state index contributed by atoms with van der Waals surface area (Å²) in [5, 5.41) is 2.74. The van der Waals surface area contributed by atoms with Crippen LogP contribution in [-0.2, 0) is 19.6 Å². The number of rotatable bonds is 7. The molecule has 2 rings (SSSR count). The number of ether oxygens (including phenoxy) is 1. The molecule has 158 valence electrons. The highest BCUT2D eigenvalue weighted by atomic mass is 32.2. The Kier molecular flexibility index (Phi) is 6.86. The Morgan fingerprint density at radius 2 is 1.79 bits per heavy atom. The number of H-pyrrole nitrogens is 1. The molecule has 0 bridgehead atoms. The first kappa shape index (κ1) is 22.6. The number of esters is 1. The molecule has 0 aliphatic carbocycles. The number of hydrogen-bond donors (Lipinski definition) is 2. The van der Waals surface area contributed by atoms with Crippen LogP contribution in [0, 0.1) is 27.7 Å². The maximum Gasteiger partial charge on any atom is 0.341 e. The van der Waals surface area contributed by atoms with Crippen molar-refractivity contribution in [3.8, 4) is 0 Å². The number of likely N-dealkylation sites (N-methyl/N-ethyl adjacent to an activating group) is 1. The van der Waals surface area contributed by atoms with Gasteiger partial charge in [0.05, 0.1) is 13.2 Å². The van der Waals surface area contributed by atoms with E-state index in [1.807, 2.05) is 26.0 Å². The van der Waals surface area contributed by atoms with Gasteiger partial charge in [-0.15, -0.1) is 0 Å². The summed E-state index contributed by atoms with van der Waals surface area (Å²) in [6.07, 6.45) is 0. The van der Waals surface area contributed by atoms with Crippen LogP contribution in [-0.4, -0.2) is 49.8 Å². The van der Waals surface area contributed by atoms with Crippen LogP contribution in [0.5, 0.6) is 0 Å². The van der Waals surface area contributed by atoms with Crippen molar-refractivity contribution in [2.24, 2.45) is 0 Å². The van der Waals surface area contributed by atoms with E-state index in [1.54, 1.807) is 26.8 Å². The molecule has 0 aliphatic rings. The van der Waals surface area contributed by atoms with Crippen molar-refractivity contribution < 1.29 is 22.7 Å². The number of carbonyl (C=O) groups is 2. The molecule has 8 nitrogen and oxygen atoms in total. The van der Waals surface area contributed by atoms with Crippen molar-refractivity contribution in [1.29, 1.82) is 0 Å². The largest absolute Gasteiger partial charge is 0.462 e. The highest BCUT2D eigenvalue weighted by Gasteiger charge is 2.33. The van der Waals surface area contributed by atoms with Gasteiger partial charge in [0, 0.05) is 24.1 Å². The van der Waals surface area contributed by atoms with E-state index in [2.05, 4.69) is 10.3 Å². The Hall–Kier alpha value is -2.65. The molecule has 0 aliphatic heterocycles. The van der Waals surface area contributed by atoms with E-state index in [9.17, 15) is 18.0 Å². The summed E-state index contributed by atoms with van der Waals surface area (Å²) in [6.45, 7) is 8.33. The van der Waals surface area contributed by atoms with Gasteiger partial charge in [-0.2, -0.15) is 4.31 Å². The van der Waals surface area contributed by atoms with E-state index in [1.165, 1.54) is 7.05 Å². The Balaban J connectivity index is 2.29. The number of nitrogens with zero attached hydrogens (tertiary/aromatic N) is 1. The molecule has 1 aromatic heterocycles. The summed E-state index contributed by atoms with van der Waals surface area (Å²) >= 11 is 0. The first-order chi connectivity index (χ1) is 13.5. The molecule has 29 heavy (non-hydrogen) atoms. The fourth-order valence-electron chi connectivity index (χ4n) is 3.05. The van der Waals surface area contributed by atoms with Crippen molar-refractivity contribution in [3.05, 3.63) is 46.3 Å². The van der Waals surface area contributed by atoms with E-state index >= 15 is 0 Å². The molecule has 0 spiro atoms. The molecule has 0 atom stereocenters. The number of carbonyl (C=O) groups excluding carboxylic acids is 2. The SMILES string of the molecule is CCOC(=O)c1c(C)[nH]c(C)c1S(=O)(=O)N(C)CC(=O)Nc1cccc(C)c1C. The van der Waals surface area contributed by atoms with Gasteiger partial charge in [0.25, 0.3) is 0 Å². The van der Waals surface area contributed by atoms with Crippen LogP contribution in [0.2, 0.25) is 0 Å². The molecule has 1 heterocycles. The first-order valence-corrected chi connectivity index (χ1v) is 10.6. The van der Waals surface area contributed by atoms with Crippen LogP contribution in [0.25, 0.3) is 0 Å². The second kappa shape index (κ2) is 8.79. The van der Waals surface area contributed by atoms with E-state index in [0.717, 1.165) is 15.4 Å². The smallest absolute Gasteiger partial charge is 0.341 e. The number of aromatic amines is 1. The van der Waals surface area contributed by atoms with Crippen LogP contribution < -0.4 is 5.32 Å². The molecule has 2 N–H and O–H groups in total. The normalized spacial score (nSPS) is 11.6. The number of amides is 1. The van der Waals surface area contributed by atoms with Gasteiger partial charge >= 0.3 is 5.97 Å². The van der Waals surface area contributed by atoms with E-state index in [0.29, 0.717) is 17.1 Å². The van der Waals surface area contributed by atoms with Gasteiger partial charge < -0.3 is 15.0 Å². The van der Waals surface area contributed by atoms with Gasteiger partial charge in [0.1, 0.15) is 10.5 Å².